The molecule has 1 aromatic rings. The third-order valence-corrected chi connectivity index (χ3v) is 6.30. The number of carbonyl (C=O) groups excluding carboxylic acids is 3. The molecule has 1 aromatic carbocycles. The summed E-state index contributed by atoms with van der Waals surface area (Å²) in [7, 11) is 1.31. The molecule has 2 aliphatic rings. The number of carbonyl (C=O) groups is 3. The van der Waals surface area contributed by atoms with Crippen molar-refractivity contribution in [3.8, 4) is 0 Å². The van der Waals surface area contributed by atoms with E-state index in [1.807, 2.05) is 4.90 Å². The molecule has 1 amide bonds. The van der Waals surface area contributed by atoms with Crippen LogP contribution in [-0.4, -0.2) is 79.6 Å². The van der Waals surface area contributed by atoms with Crippen LogP contribution >= 0.6 is 11.8 Å². The minimum absolute atomic E-state index is 0.00413. The van der Waals surface area contributed by atoms with E-state index >= 15 is 0 Å². The van der Waals surface area contributed by atoms with Crippen LogP contribution in [0.3, 0.4) is 0 Å². The van der Waals surface area contributed by atoms with Gasteiger partial charge in [-0.3, -0.25) is 14.5 Å². The highest BCUT2D eigenvalue weighted by molar-refractivity contribution is 8.04. The van der Waals surface area contributed by atoms with Crippen molar-refractivity contribution in [1.29, 1.82) is 0 Å². The van der Waals surface area contributed by atoms with E-state index in [4.69, 9.17) is 0 Å². The summed E-state index contributed by atoms with van der Waals surface area (Å²) < 4.78 is 19.0. The standard InChI is InChI=1S/C21H26FN3O4S/c1-15(26)16-4-5-18(17(22)12-16)24-10-8-23(9-11-24)6-3-7-25-19(27)14-30-20(25)13-21(28)29-2/h4-5,12-13H,3,6-11,14H2,1-2H3/b20-13-. The molecule has 0 atom stereocenters. The SMILES string of the molecule is COC(=O)/C=C1\SCC(=O)N1CCCN1CCN(c2ccc(C(C)=O)cc2F)CC1. The van der Waals surface area contributed by atoms with E-state index in [0.717, 1.165) is 26.1 Å². The fraction of sp³-hybridized carbons (Fsp3) is 0.476. The summed E-state index contributed by atoms with van der Waals surface area (Å²) in [6.45, 7) is 5.78. The van der Waals surface area contributed by atoms with E-state index < -0.39 is 5.97 Å². The number of nitrogens with zero attached hydrogens (tertiary/aromatic N) is 3. The first-order valence-electron chi connectivity index (χ1n) is 9.89. The Morgan fingerprint density at radius 3 is 2.57 bits per heavy atom. The zero-order chi connectivity index (χ0) is 21.7. The van der Waals surface area contributed by atoms with Crippen molar-refractivity contribution < 1.29 is 23.5 Å². The van der Waals surface area contributed by atoms with Crippen molar-refractivity contribution in [3.05, 3.63) is 40.7 Å². The van der Waals surface area contributed by atoms with Gasteiger partial charge in [0.2, 0.25) is 5.91 Å². The lowest BCUT2D eigenvalue weighted by atomic mass is 10.1. The van der Waals surface area contributed by atoms with Crippen molar-refractivity contribution in [2.75, 3.05) is 57.0 Å². The maximum Gasteiger partial charge on any atom is 0.333 e. The van der Waals surface area contributed by atoms with E-state index in [1.165, 1.54) is 37.9 Å². The zero-order valence-electron chi connectivity index (χ0n) is 17.2. The summed E-state index contributed by atoms with van der Waals surface area (Å²) in [4.78, 5) is 40.8. The van der Waals surface area contributed by atoms with E-state index in [9.17, 15) is 18.8 Å². The van der Waals surface area contributed by atoms with Crippen LogP contribution in [0.5, 0.6) is 0 Å². The Balaban J connectivity index is 1.47. The highest BCUT2D eigenvalue weighted by Gasteiger charge is 2.27. The first-order valence-corrected chi connectivity index (χ1v) is 10.9. The summed E-state index contributed by atoms with van der Waals surface area (Å²) in [5.41, 5.74) is 0.905. The molecule has 3 rings (SSSR count). The molecule has 0 saturated carbocycles. The third-order valence-electron chi connectivity index (χ3n) is 5.28. The number of anilines is 1. The minimum Gasteiger partial charge on any atom is -0.466 e. The molecule has 2 aliphatic heterocycles. The Labute approximate surface area is 179 Å². The van der Waals surface area contributed by atoms with Gasteiger partial charge in [-0.05, 0) is 38.1 Å². The lowest BCUT2D eigenvalue weighted by molar-refractivity contribution is -0.134. The van der Waals surface area contributed by atoms with Crippen LogP contribution in [0.2, 0.25) is 0 Å². The second kappa shape index (κ2) is 10.1. The van der Waals surface area contributed by atoms with E-state index in [-0.39, 0.29) is 17.5 Å². The van der Waals surface area contributed by atoms with Gasteiger partial charge in [0.1, 0.15) is 5.82 Å². The molecule has 2 saturated heterocycles. The molecule has 162 valence electrons. The highest BCUT2D eigenvalue weighted by Crippen LogP contribution is 2.29. The smallest absolute Gasteiger partial charge is 0.333 e. The largest absolute Gasteiger partial charge is 0.466 e. The Hall–Kier alpha value is -2.39. The molecule has 0 radical (unpaired) electrons. The molecule has 0 aliphatic carbocycles. The second-order valence-corrected chi connectivity index (χ2v) is 8.24. The molecule has 0 bridgehead atoms. The molecular formula is C21H26FN3O4S. The van der Waals surface area contributed by atoms with Crippen molar-refractivity contribution in [2.45, 2.75) is 13.3 Å². The Morgan fingerprint density at radius 1 is 1.20 bits per heavy atom. The molecule has 0 unspecified atom stereocenters. The van der Waals surface area contributed by atoms with Gasteiger partial charge in [-0.1, -0.05) is 11.8 Å². The Bertz CT molecular complexity index is 853. The van der Waals surface area contributed by atoms with Gasteiger partial charge < -0.3 is 14.5 Å². The van der Waals surface area contributed by atoms with Crippen molar-refractivity contribution >= 4 is 35.1 Å². The Morgan fingerprint density at radius 2 is 1.93 bits per heavy atom. The quantitative estimate of drug-likeness (QED) is 0.369. The van der Waals surface area contributed by atoms with Crippen LogP contribution < -0.4 is 4.90 Å². The number of ketones is 1. The maximum absolute atomic E-state index is 14.4. The average molecular weight is 436 g/mol. The lowest BCUT2D eigenvalue weighted by Gasteiger charge is -2.36. The molecule has 0 N–H and O–H groups in total. The van der Waals surface area contributed by atoms with Crippen LogP contribution in [0.4, 0.5) is 10.1 Å². The molecule has 9 heteroatoms. The van der Waals surface area contributed by atoms with Crippen LogP contribution in [0.1, 0.15) is 23.7 Å². The van der Waals surface area contributed by atoms with E-state index in [2.05, 4.69) is 9.64 Å². The monoisotopic (exact) mass is 435 g/mol. The average Bonchev–Trinajstić information content (AvgIpc) is 3.07. The zero-order valence-corrected chi connectivity index (χ0v) is 18.0. The third kappa shape index (κ3) is 5.40. The maximum atomic E-state index is 14.4. The van der Waals surface area contributed by atoms with Crippen LogP contribution in [-0.2, 0) is 14.3 Å². The normalized spacial score (nSPS) is 18.9. The van der Waals surface area contributed by atoms with Gasteiger partial charge in [0.25, 0.3) is 0 Å². The topological polar surface area (TPSA) is 70.2 Å². The molecule has 2 fully saturated rings. The fourth-order valence-corrected chi connectivity index (χ4v) is 4.53. The summed E-state index contributed by atoms with van der Waals surface area (Å²) in [6.07, 6.45) is 2.15. The number of methoxy groups -OCH3 is 1. The lowest BCUT2D eigenvalue weighted by Crippen LogP contribution is -2.47. The number of hydrogen-bond donors (Lipinski definition) is 0. The highest BCUT2D eigenvalue weighted by atomic mass is 32.2. The van der Waals surface area contributed by atoms with Gasteiger partial charge >= 0.3 is 5.97 Å². The number of rotatable bonds is 7. The van der Waals surface area contributed by atoms with Gasteiger partial charge in [0.05, 0.1) is 29.7 Å². The molecule has 0 spiro atoms. The number of hydrogen-bond acceptors (Lipinski definition) is 7. The van der Waals surface area contributed by atoms with Gasteiger partial charge in [-0.15, -0.1) is 0 Å². The van der Waals surface area contributed by atoms with Gasteiger partial charge in [0, 0.05) is 38.3 Å². The number of ether oxygens (including phenoxy) is 1. The molecule has 2 heterocycles. The summed E-state index contributed by atoms with van der Waals surface area (Å²) in [5, 5.41) is 0.640. The van der Waals surface area contributed by atoms with Crippen LogP contribution in [0, 0.1) is 5.82 Å². The second-order valence-electron chi connectivity index (χ2n) is 7.24. The number of thioether (sulfide) groups is 1. The number of piperazine rings is 1. The van der Waals surface area contributed by atoms with Gasteiger partial charge in [0.15, 0.2) is 5.78 Å². The number of benzene rings is 1. The molecule has 30 heavy (non-hydrogen) atoms. The first-order chi connectivity index (χ1) is 14.4. The van der Waals surface area contributed by atoms with Crippen molar-refractivity contribution in [3.63, 3.8) is 0 Å². The predicted molar refractivity (Wildman–Crippen MR) is 114 cm³/mol. The number of Topliss-reactive ketones (excluding diaryl/α,β-unsaturated/α-hetero) is 1. The molecule has 7 nitrogen and oxygen atoms in total. The summed E-state index contributed by atoms with van der Waals surface area (Å²) >= 11 is 1.35. The van der Waals surface area contributed by atoms with Gasteiger partial charge in [-0.2, -0.15) is 0 Å². The minimum atomic E-state index is -0.461. The van der Waals surface area contributed by atoms with Crippen molar-refractivity contribution in [2.24, 2.45) is 0 Å². The summed E-state index contributed by atoms with van der Waals surface area (Å²) in [5.74, 6) is -0.632. The van der Waals surface area contributed by atoms with E-state index in [1.54, 1.807) is 17.0 Å². The van der Waals surface area contributed by atoms with Crippen LogP contribution in [0.15, 0.2) is 29.3 Å². The molecule has 0 aromatic heterocycles. The predicted octanol–water partition coefficient (Wildman–Crippen LogP) is 2.13. The first kappa shape index (κ1) is 22.3. The Kier molecular flexibility index (Phi) is 7.49. The summed E-state index contributed by atoms with van der Waals surface area (Å²) in [6, 6.07) is 4.64. The number of esters is 1. The van der Waals surface area contributed by atoms with Gasteiger partial charge in [-0.25, -0.2) is 9.18 Å². The fourth-order valence-electron chi connectivity index (χ4n) is 3.58. The number of amides is 1. The van der Waals surface area contributed by atoms with E-state index in [0.29, 0.717) is 41.7 Å². The van der Waals surface area contributed by atoms with Crippen molar-refractivity contribution in [1.82, 2.24) is 9.80 Å². The molecular weight excluding hydrogens is 409 g/mol. The van der Waals surface area contributed by atoms with Crippen LogP contribution in [0.25, 0.3) is 0 Å². The number of halogens is 1.